The van der Waals surface area contributed by atoms with Crippen LogP contribution in [0, 0.1) is 18.8 Å². The Morgan fingerprint density at radius 2 is 1.74 bits per heavy atom. The fourth-order valence-electron chi connectivity index (χ4n) is 2.16. The van der Waals surface area contributed by atoms with E-state index in [1.54, 1.807) is 0 Å². The molecular weight excluding hydrogens is 252 g/mol. The average Bonchev–Trinajstić information content (AvgIpc) is 3.23. The van der Waals surface area contributed by atoms with E-state index in [1.807, 2.05) is 12.1 Å². The average molecular weight is 267 g/mol. The molecule has 0 unspecified atom stereocenters. The molecule has 1 aliphatic rings. The van der Waals surface area contributed by atoms with Gasteiger partial charge in [-0.25, -0.2) is 0 Å². The van der Waals surface area contributed by atoms with Crippen LogP contribution < -0.4 is 0 Å². The second kappa shape index (κ2) is 5.11. The lowest BCUT2D eigenvalue weighted by molar-refractivity contribution is 1.12. The summed E-state index contributed by atoms with van der Waals surface area (Å²) >= 11 is 6.08. The standard InChI is InChI=1S/C18H15Cl/c1-13-2-4-14(5-3-13)6-7-15-10-11-17(19)12-18(15)16-8-9-16/h2-5,10-12,16H,8-9H2,1H3. The maximum Gasteiger partial charge on any atom is 0.0409 e. The molecule has 0 radical (unpaired) electrons. The van der Waals surface area contributed by atoms with Crippen LogP contribution in [0.4, 0.5) is 0 Å². The molecule has 1 heteroatoms. The molecule has 0 atom stereocenters. The van der Waals surface area contributed by atoms with Gasteiger partial charge in [-0.3, -0.25) is 0 Å². The summed E-state index contributed by atoms with van der Waals surface area (Å²) in [7, 11) is 0. The molecule has 1 fully saturated rings. The molecule has 0 aromatic heterocycles. The van der Waals surface area contributed by atoms with Gasteiger partial charge in [0.2, 0.25) is 0 Å². The second-order valence-corrected chi connectivity index (χ2v) is 5.56. The molecular formula is C18H15Cl. The van der Waals surface area contributed by atoms with Crippen LogP contribution in [0.2, 0.25) is 5.02 Å². The SMILES string of the molecule is Cc1ccc(C#Cc2ccc(Cl)cc2C2CC2)cc1. The Labute approximate surface area is 119 Å². The summed E-state index contributed by atoms with van der Waals surface area (Å²) in [6, 6.07) is 14.3. The molecule has 0 aliphatic heterocycles. The van der Waals surface area contributed by atoms with Crippen molar-refractivity contribution in [3.63, 3.8) is 0 Å². The topological polar surface area (TPSA) is 0 Å². The summed E-state index contributed by atoms with van der Waals surface area (Å²) < 4.78 is 0. The minimum Gasteiger partial charge on any atom is -0.0843 e. The van der Waals surface area contributed by atoms with Crippen molar-refractivity contribution >= 4 is 11.6 Å². The third kappa shape index (κ3) is 3.00. The Hall–Kier alpha value is -1.71. The molecule has 0 spiro atoms. The van der Waals surface area contributed by atoms with Gasteiger partial charge in [-0.2, -0.15) is 0 Å². The smallest absolute Gasteiger partial charge is 0.0409 e. The van der Waals surface area contributed by atoms with Gasteiger partial charge in [0, 0.05) is 16.1 Å². The van der Waals surface area contributed by atoms with Crippen LogP contribution in [-0.2, 0) is 0 Å². The molecule has 94 valence electrons. The first-order chi connectivity index (χ1) is 9.22. The third-order valence-corrected chi connectivity index (χ3v) is 3.66. The monoisotopic (exact) mass is 266 g/mol. The van der Waals surface area contributed by atoms with Gasteiger partial charge in [0.1, 0.15) is 0 Å². The fraction of sp³-hybridized carbons (Fsp3) is 0.222. The van der Waals surface area contributed by atoms with Gasteiger partial charge >= 0.3 is 0 Å². The van der Waals surface area contributed by atoms with Gasteiger partial charge in [-0.1, -0.05) is 41.1 Å². The summed E-state index contributed by atoms with van der Waals surface area (Å²) in [5.74, 6) is 7.19. The summed E-state index contributed by atoms with van der Waals surface area (Å²) in [4.78, 5) is 0. The van der Waals surface area contributed by atoms with Gasteiger partial charge in [0.15, 0.2) is 0 Å². The summed E-state index contributed by atoms with van der Waals surface area (Å²) in [5, 5.41) is 0.808. The highest BCUT2D eigenvalue weighted by Crippen LogP contribution is 2.42. The largest absolute Gasteiger partial charge is 0.0843 e. The van der Waals surface area contributed by atoms with Gasteiger partial charge in [0.25, 0.3) is 0 Å². The van der Waals surface area contributed by atoms with Crippen molar-refractivity contribution < 1.29 is 0 Å². The van der Waals surface area contributed by atoms with E-state index in [2.05, 4.69) is 49.1 Å². The number of hydrogen-bond donors (Lipinski definition) is 0. The van der Waals surface area contributed by atoms with Crippen molar-refractivity contribution in [2.45, 2.75) is 25.7 Å². The third-order valence-electron chi connectivity index (χ3n) is 3.42. The van der Waals surface area contributed by atoms with Crippen molar-refractivity contribution in [3.05, 3.63) is 69.7 Å². The van der Waals surface area contributed by atoms with Crippen LogP contribution in [-0.4, -0.2) is 0 Å². The normalized spacial score (nSPS) is 13.8. The lowest BCUT2D eigenvalue weighted by Gasteiger charge is -2.03. The van der Waals surface area contributed by atoms with Gasteiger partial charge in [0.05, 0.1) is 0 Å². The molecule has 0 nitrogen and oxygen atoms in total. The van der Waals surface area contributed by atoms with Crippen molar-refractivity contribution in [3.8, 4) is 11.8 Å². The first kappa shape index (κ1) is 12.3. The number of rotatable bonds is 1. The molecule has 0 amide bonds. The van der Waals surface area contributed by atoms with E-state index in [9.17, 15) is 0 Å². The van der Waals surface area contributed by atoms with E-state index in [4.69, 9.17) is 11.6 Å². The van der Waals surface area contributed by atoms with Crippen LogP contribution >= 0.6 is 11.6 Å². The molecule has 0 N–H and O–H groups in total. The first-order valence-corrected chi connectivity index (χ1v) is 6.98. The lowest BCUT2D eigenvalue weighted by Crippen LogP contribution is -1.87. The number of halogens is 1. The van der Waals surface area contributed by atoms with Gasteiger partial charge in [-0.15, -0.1) is 0 Å². The van der Waals surface area contributed by atoms with Crippen LogP contribution in [0.15, 0.2) is 42.5 Å². The fourth-order valence-corrected chi connectivity index (χ4v) is 2.34. The highest BCUT2D eigenvalue weighted by atomic mass is 35.5. The van der Waals surface area contributed by atoms with Crippen LogP contribution in [0.5, 0.6) is 0 Å². The molecule has 1 aliphatic carbocycles. The Kier molecular flexibility index (Phi) is 3.32. The predicted molar refractivity (Wildman–Crippen MR) is 80.6 cm³/mol. The minimum absolute atomic E-state index is 0.668. The van der Waals surface area contributed by atoms with E-state index in [0.29, 0.717) is 5.92 Å². The second-order valence-electron chi connectivity index (χ2n) is 5.12. The minimum atomic E-state index is 0.668. The van der Waals surface area contributed by atoms with Crippen molar-refractivity contribution in [1.82, 2.24) is 0 Å². The van der Waals surface area contributed by atoms with Crippen LogP contribution in [0.3, 0.4) is 0 Å². The lowest BCUT2D eigenvalue weighted by atomic mass is 10.0. The van der Waals surface area contributed by atoms with Crippen molar-refractivity contribution in [1.29, 1.82) is 0 Å². The highest BCUT2D eigenvalue weighted by Gasteiger charge is 2.25. The van der Waals surface area contributed by atoms with Gasteiger partial charge in [-0.05, 0) is 61.6 Å². The van der Waals surface area contributed by atoms with E-state index < -0.39 is 0 Å². The predicted octanol–water partition coefficient (Wildman–Crippen LogP) is 4.93. The Bertz CT molecular complexity index is 652. The molecule has 1 saturated carbocycles. The van der Waals surface area contributed by atoms with Gasteiger partial charge < -0.3 is 0 Å². The molecule has 19 heavy (non-hydrogen) atoms. The Morgan fingerprint density at radius 1 is 1.00 bits per heavy atom. The quantitative estimate of drug-likeness (QED) is 0.643. The maximum atomic E-state index is 6.08. The Morgan fingerprint density at radius 3 is 2.42 bits per heavy atom. The van der Waals surface area contributed by atoms with Crippen molar-refractivity contribution in [2.24, 2.45) is 0 Å². The van der Waals surface area contributed by atoms with E-state index in [0.717, 1.165) is 16.1 Å². The van der Waals surface area contributed by atoms with Crippen molar-refractivity contribution in [2.75, 3.05) is 0 Å². The molecule has 3 rings (SSSR count). The molecule has 2 aromatic rings. The number of hydrogen-bond acceptors (Lipinski definition) is 0. The summed E-state index contributed by atoms with van der Waals surface area (Å²) in [6.45, 7) is 2.08. The maximum absolute atomic E-state index is 6.08. The number of benzene rings is 2. The molecule has 0 bridgehead atoms. The zero-order chi connectivity index (χ0) is 13.2. The molecule has 2 aromatic carbocycles. The van der Waals surface area contributed by atoms with E-state index in [1.165, 1.54) is 24.0 Å². The Balaban J connectivity index is 1.93. The summed E-state index contributed by atoms with van der Waals surface area (Å²) in [6.07, 6.45) is 2.53. The number of aryl methyl sites for hydroxylation is 1. The van der Waals surface area contributed by atoms with Crippen LogP contribution in [0.25, 0.3) is 0 Å². The van der Waals surface area contributed by atoms with Crippen LogP contribution in [0.1, 0.15) is 41.0 Å². The van der Waals surface area contributed by atoms with E-state index >= 15 is 0 Å². The zero-order valence-electron chi connectivity index (χ0n) is 10.9. The molecule has 0 saturated heterocycles. The summed E-state index contributed by atoms with van der Waals surface area (Å²) in [5.41, 5.74) is 4.75. The van der Waals surface area contributed by atoms with E-state index in [-0.39, 0.29) is 0 Å². The zero-order valence-corrected chi connectivity index (χ0v) is 11.7. The molecule has 0 heterocycles. The first-order valence-electron chi connectivity index (χ1n) is 6.60. The highest BCUT2D eigenvalue weighted by molar-refractivity contribution is 6.30.